The van der Waals surface area contributed by atoms with Crippen LogP contribution in [0, 0.1) is 16.0 Å². The molecule has 0 bridgehead atoms. The van der Waals surface area contributed by atoms with E-state index in [1.807, 2.05) is 24.3 Å². The quantitative estimate of drug-likeness (QED) is 0.425. The number of thioether (sulfide) groups is 1. The Morgan fingerprint density at radius 2 is 1.59 bits per heavy atom. The van der Waals surface area contributed by atoms with Crippen molar-refractivity contribution in [3.8, 4) is 0 Å². The monoisotopic (exact) mass is 385 g/mol. The lowest BCUT2D eigenvalue weighted by Crippen LogP contribution is -2.22. The van der Waals surface area contributed by atoms with Crippen LogP contribution >= 0.6 is 11.8 Å². The fourth-order valence-electron chi connectivity index (χ4n) is 2.37. The Hall–Kier alpha value is -2.87. The van der Waals surface area contributed by atoms with Crippen molar-refractivity contribution in [1.29, 1.82) is 0 Å². The Morgan fingerprint density at radius 1 is 1.04 bits per heavy atom. The number of rotatable bonds is 7. The van der Waals surface area contributed by atoms with Gasteiger partial charge in [-0.2, -0.15) is 0 Å². The molecule has 1 unspecified atom stereocenters. The summed E-state index contributed by atoms with van der Waals surface area (Å²) in [5, 5.41) is 15.9. The van der Waals surface area contributed by atoms with Gasteiger partial charge in [-0.15, -0.1) is 11.8 Å². The molecule has 27 heavy (non-hydrogen) atoms. The molecule has 1 aliphatic rings. The summed E-state index contributed by atoms with van der Waals surface area (Å²) in [5.74, 6) is 0.0217. The lowest BCUT2D eigenvalue weighted by molar-refractivity contribution is -0.384. The van der Waals surface area contributed by atoms with E-state index in [4.69, 9.17) is 0 Å². The molecular weight excluding hydrogens is 366 g/mol. The first-order chi connectivity index (χ1) is 12.9. The van der Waals surface area contributed by atoms with Crippen molar-refractivity contribution in [3.63, 3.8) is 0 Å². The minimum Gasteiger partial charge on any atom is -0.326 e. The standard InChI is InChI=1S/C19H19N3O4S/c1-12(18(23)20-14-4-8-16(9-5-14)22(25)26)27-17-10-6-15(7-11-17)21-19(24)13-2-3-13/h4-13H,2-3H2,1H3,(H,20,23)(H,21,24). The highest BCUT2D eigenvalue weighted by Gasteiger charge is 2.29. The van der Waals surface area contributed by atoms with E-state index in [9.17, 15) is 19.7 Å². The van der Waals surface area contributed by atoms with Crippen molar-refractivity contribution in [2.45, 2.75) is 29.9 Å². The van der Waals surface area contributed by atoms with Crippen molar-refractivity contribution in [1.82, 2.24) is 0 Å². The zero-order valence-electron chi connectivity index (χ0n) is 14.7. The fourth-order valence-corrected chi connectivity index (χ4v) is 3.24. The number of carbonyl (C=O) groups is 2. The first-order valence-electron chi connectivity index (χ1n) is 8.55. The van der Waals surface area contributed by atoms with Gasteiger partial charge < -0.3 is 10.6 Å². The van der Waals surface area contributed by atoms with Crippen LogP contribution in [0.2, 0.25) is 0 Å². The molecule has 1 fully saturated rings. The number of benzene rings is 2. The number of hydrogen-bond acceptors (Lipinski definition) is 5. The number of amides is 2. The highest BCUT2D eigenvalue weighted by atomic mass is 32.2. The summed E-state index contributed by atoms with van der Waals surface area (Å²) in [6.07, 6.45) is 1.92. The molecule has 140 valence electrons. The molecule has 0 aromatic heterocycles. The molecule has 0 spiro atoms. The topological polar surface area (TPSA) is 101 Å². The lowest BCUT2D eigenvalue weighted by Gasteiger charge is -2.12. The van der Waals surface area contributed by atoms with Crippen molar-refractivity contribution in [2.75, 3.05) is 10.6 Å². The van der Waals surface area contributed by atoms with E-state index >= 15 is 0 Å². The maximum absolute atomic E-state index is 12.3. The van der Waals surface area contributed by atoms with Crippen LogP contribution in [0.15, 0.2) is 53.4 Å². The number of nitrogens with zero attached hydrogens (tertiary/aromatic N) is 1. The third kappa shape index (κ3) is 5.30. The van der Waals surface area contributed by atoms with Gasteiger partial charge in [0.2, 0.25) is 11.8 Å². The van der Waals surface area contributed by atoms with E-state index in [1.165, 1.54) is 36.0 Å². The molecule has 2 amide bonds. The zero-order chi connectivity index (χ0) is 19.4. The lowest BCUT2D eigenvalue weighted by atomic mass is 10.3. The molecule has 1 saturated carbocycles. The fraction of sp³-hybridized carbons (Fsp3) is 0.263. The summed E-state index contributed by atoms with van der Waals surface area (Å²) in [7, 11) is 0. The number of anilines is 2. The summed E-state index contributed by atoms with van der Waals surface area (Å²) in [5.41, 5.74) is 1.24. The van der Waals surface area contributed by atoms with Crippen molar-refractivity contribution >= 4 is 40.6 Å². The summed E-state index contributed by atoms with van der Waals surface area (Å²) >= 11 is 1.39. The second kappa shape index (κ2) is 8.22. The minimum absolute atomic E-state index is 0.0238. The smallest absolute Gasteiger partial charge is 0.269 e. The van der Waals surface area contributed by atoms with Gasteiger partial charge in [0.05, 0.1) is 10.2 Å². The first kappa shape index (κ1) is 18.9. The second-order valence-corrected chi connectivity index (χ2v) is 7.76. The van der Waals surface area contributed by atoms with E-state index < -0.39 is 4.92 Å². The van der Waals surface area contributed by atoms with Crippen LogP contribution in [-0.4, -0.2) is 22.0 Å². The van der Waals surface area contributed by atoms with Gasteiger partial charge in [0.1, 0.15) is 0 Å². The van der Waals surface area contributed by atoms with E-state index in [0.29, 0.717) is 5.69 Å². The third-order valence-corrected chi connectivity index (χ3v) is 5.21. The molecule has 2 N–H and O–H groups in total. The van der Waals surface area contributed by atoms with Crippen molar-refractivity contribution in [2.24, 2.45) is 5.92 Å². The molecule has 2 aromatic carbocycles. The van der Waals surface area contributed by atoms with Gasteiger partial charge in [-0.25, -0.2) is 0 Å². The van der Waals surface area contributed by atoms with E-state index in [0.717, 1.165) is 23.4 Å². The number of carbonyl (C=O) groups excluding carboxylic acids is 2. The van der Waals surface area contributed by atoms with Gasteiger partial charge in [-0.3, -0.25) is 19.7 Å². The maximum Gasteiger partial charge on any atom is 0.269 e. The Kier molecular flexibility index (Phi) is 5.75. The normalized spacial score (nSPS) is 14.3. The SMILES string of the molecule is CC(Sc1ccc(NC(=O)C2CC2)cc1)C(=O)Nc1ccc([N+](=O)[O-])cc1. The molecule has 1 aliphatic carbocycles. The second-order valence-electron chi connectivity index (χ2n) is 6.34. The molecule has 8 heteroatoms. The van der Waals surface area contributed by atoms with Crippen molar-refractivity contribution in [3.05, 3.63) is 58.6 Å². The Bertz CT molecular complexity index is 848. The van der Waals surface area contributed by atoms with Gasteiger partial charge in [0, 0.05) is 34.3 Å². The first-order valence-corrected chi connectivity index (χ1v) is 9.43. The molecule has 3 rings (SSSR count). The minimum atomic E-state index is -0.485. The Morgan fingerprint density at radius 3 is 2.15 bits per heavy atom. The molecule has 0 radical (unpaired) electrons. The van der Waals surface area contributed by atoms with Crippen LogP contribution in [0.4, 0.5) is 17.1 Å². The van der Waals surface area contributed by atoms with Crippen LogP contribution in [0.1, 0.15) is 19.8 Å². The number of hydrogen-bond donors (Lipinski definition) is 2. The third-order valence-electron chi connectivity index (χ3n) is 4.10. The van der Waals surface area contributed by atoms with Crippen LogP contribution < -0.4 is 10.6 Å². The molecule has 1 atom stereocenters. The van der Waals surface area contributed by atoms with Crippen LogP contribution in [0.3, 0.4) is 0 Å². The maximum atomic E-state index is 12.3. The number of nitro benzene ring substituents is 1. The summed E-state index contributed by atoms with van der Waals surface area (Å²) in [6.45, 7) is 1.79. The molecule has 0 saturated heterocycles. The highest BCUT2D eigenvalue weighted by molar-refractivity contribution is 8.00. The van der Waals surface area contributed by atoms with Gasteiger partial charge in [0.25, 0.3) is 5.69 Å². The largest absolute Gasteiger partial charge is 0.326 e. The summed E-state index contributed by atoms with van der Waals surface area (Å²) in [6, 6.07) is 13.1. The molecule has 2 aromatic rings. The van der Waals surface area contributed by atoms with Crippen LogP contribution in [-0.2, 0) is 9.59 Å². The predicted molar refractivity (Wildman–Crippen MR) is 105 cm³/mol. The predicted octanol–water partition coefficient (Wildman–Crippen LogP) is 4.06. The Labute approximate surface area is 160 Å². The van der Waals surface area contributed by atoms with Gasteiger partial charge in [-0.1, -0.05) is 0 Å². The number of nitro groups is 1. The molecule has 7 nitrogen and oxygen atoms in total. The Balaban J connectivity index is 1.52. The summed E-state index contributed by atoms with van der Waals surface area (Å²) in [4.78, 5) is 35.1. The summed E-state index contributed by atoms with van der Waals surface area (Å²) < 4.78 is 0. The van der Waals surface area contributed by atoms with E-state index in [1.54, 1.807) is 6.92 Å². The molecular formula is C19H19N3O4S. The average Bonchev–Trinajstić information content (AvgIpc) is 3.49. The highest BCUT2D eigenvalue weighted by Crippen LogP contribution is 2.31. The van der Waals surface area contributed by atoms with Crippen LogP contribution in [0.25, 0.3) is 0 Å². The number of non-ortho nitro benzene ring substituents is 1. The molecule has 0 aliphatic heterocycles. The molecule has 0 heterocycles. The van der Waals surface area contributed by atoms with Gasteiger partial charge in [-0.05, 0) is 56.2 Å². The van der Waals surface area contributed by atoms with Crippen molar-refractivity contribution < 1.29 is 14.5 Å². The van der Waals surface area contributed by atoms with E-state index in [-0.39, 0.29) is 28.7 Å². The van der Waals surface area contributed by atoms with Crippen LogP contribution in [0.5, 0.6) is 0 Å². The number of nitrogens with one attached hydrogen (secondary N) is 2. The van der Waals surface area contributed by atoms with Gasteiger partial charge in [0.15, 0.2) is 0 Å². The van der Waals surface area contributed by atoms with E-state index in [2.05, 4.69) is 10.6 Å². The average molecular weight is 385 g/mol. The zero-order valence-corrected chi connectivity index (χ0v) is 15.5. The van der Waals surface area contributed by atoms with Gasteiger partial charge >= 0.3 is 0 Å².